The molecule has 0 aliphatic carbocycles. The Morgan fingerprint density at radius 2 is 2.38 bits per heavy atom. The van der Waals surface area contributed by atoms with Crippen LogP contribution in [-0.4, -0.2) is 14.7 Å². The molecule has 0 atom stereocenters. The second kappa shape index (κ2) is 3.74. The summed E-state index contributed by atoms with van der Waals surface area (Å²) in [4.78, 5) is 9.78. The van der Waals surface area contributed by atoms with Gasteiger partial charge in [0.2, 0.25) is 0 Å². The SMILES string of the molecule is CC(C)Cn1cc(Cl)c([N+](=O)[O-])n1. The summed E-state index contributed by atoms with van der Waals surface area (Å²) in [6.45, 7) is 4.64. The molecule has 1 aromatic heterocycles. The second-order valence-electron chi connectivity index (χ2n) is 3.17. The summed E-state index contributed by atoms with van der Waals surface area (Å²) in [6.07, 6.45) is 1.47. The van der Waals surface area contributed by atoms with Crippen molar-refractivity contribution in [2.75, 3.05) is 0 Å². The summed E-state index contributed by atoms with van der Waals surface area (Å²) in [6, 6.07) is 0. The molecule has 0 amide bonds. The molecule has 1 aromatic rings. The maximum atomic E-state index is 10.4. The van der Waals surface area contributed by atoms with Gasteiger partial charge in [-0.1, -0.05) is 25.4 Å². The number of rotatable bonds is 3. The Labute approximate surface area is 80.5 Å². The number of nitrogens with zero attached hydrogens (tertiary/aromatic N) is 3. The quantitative estimate of drug-likeness (QED) is 0.558. The van der Waals surface area contributed by atoms with Gasteiger partial charge in [-0.05, 0) is 10.8 Å². The van der Waals surface area contributed by atoms with Gasteiger partial charge in [-0.3, -0.25) is 0 Å². The first-order chi connectivity index (χ1) is 6.00. The number of hydrogen-bond donors (Lipinski definition) is 0. The highest BCUT2D eigenvalue weighted by Gasteiger charge is 2.18. The average Bonchev–Trinajstić information content (AvgIpc) is 2.29. The van der Waals surface area contributed by atoms with Crippen LogP contribution < -0.4 is 0 Å². The van der Waals surface area contributed by atoms with Gasteiger partial charge >= 0.3 is 5.82 Å². The molecule has 0 saturated heterocycles. The van der Waals surface area contributed by atoms with Gasteiger partial charge in [0.1, 0.15) is 0 Å². The largest absolute Gasteiger partial charge is 0.408 e. The van der Waals surface area contributed by atoms with Crippen LogP contribution in [-0.2, 0) is 6.54 Å². The predicted octanol–water partition coefficient (Wildman–Crippen LogP) is 2.10. The van der Waals surface area contributed by atoms with Crippen LogP contribution in [0, 0.1) is 16.0 Å². The average molecular weight is 204 g/mol. The molecule has 0 aromatic carbocycles. The Bertz CT molecular complexity index is 322. The smallest absolute Gasteiger partial charge is 0.358 e. The Morgan fingerprint density at radius 1 is 1.77 bits per heavy atom. The van der Waals surface area contributed by atoms with Crippen molar-refractivity contribution in [3.05, 3.63) is 21.3 Å². The summed E-state index contributed by atoms with van der Waals surface area (Å²) in [5.74, 6) is 0.109. The zero-order valence-corrected chi connectivity index (χ0v) is 8.15. The summed E-state index contributed by atoms with van der Waals surface area (Å²) in [5.41, 5.74) is 0. The van der Waals surface area contributed by atoms with Crippen LogP contribution in [0.2, 0.25) is 5.02 Å². The highest BCUT2D eigenvalue weighted by atomic mass is 35.5. The molecule has 0 radical (unpaired) electrons. The summed E-state index contributed by atoms with van der Waals surface area (Å²) >= 11 is 5.60. The minimum absolute atomic E-state index is 0.0886. The van der Waals surface area contributed by atoms with Gasteiger partial charge < -0.3 is 10.1 Å². The molecule has 0 spiro atoms. The maximum absolute atomic E-state index is 10.4. The Morgan fingerprint density at radius 3 is 2.77 bits per heavy atom. The van der Waals surface area contributed by atoms with E-state index in [2.05, 4.69) is 5.10 Å². The van der Waals surface area contributed by atoms with Crippen molar-refractivity contribution < 1.29 is 4.92 Å². The zero-order chi connectivity index (χ0) is 10.0. The van der Waals surface area contributed by atoms with Crippen molar-refractivity contribution in [2.45, 2.75) is 20.4 Å². The number of nitro groups is 1. The van der Waals surface area contributed by atoms with Crippen molar-refractivity contribution >= 4 is 17.4 Å². The Hall–Kier alpha value is -1.10. The van der Waals surface area contributed by atoms with Crippen LogP contribution in [0.4, 0.5) is 5.82 Å². The van der Waals surface area contributed by atoms with Crippen molar-refractivity contribution in [2.24, 2.45) is 5.92 Å². The van der Waals surface area contributed by atoms with E-state index in [-0.39, 0.29) is 10.8 Å². The van der Waals surface area contributed by atoms with E-state index in [9.17, 15) is 10.1 Å². The predicted molar refractivity (Wildman–Crippen MR) is 48.7 cm³/mol. The molecular weight excluding hydrogens is 194 g/mol. The highest BCUT2D eigenvalue weighted by molar-refractivity contribution is 6.32. The van der Waals surface area contributed by atoms with Crippen LogP contribution >= 0.6 is 11.6 Å². The third kappa shape index (κ3) is 2.42. The van der Waals surface area contributed by atoms with Crippen molar-refractivity contribution in [3.8, 4) is 0 Å². The van der Waals surface area contributed by atoms with Gasteiger partial charge in [-0.15, -0.1) is 0 Å². The van der Waals surface area contributed by atoms with Gasteiger partial charge in [-0.25, -0.2) is 0 Å². The molecule has 1 heterocycles. The fraction of sp³-hybridized carbons (Fsp3) is 0.571. The number of aromatic nitrogens is 2. The number of halogens is 1. The standard InChI is InChI=1S/C7H10ClN3O2/c1-5(2)3-10-4-6(8)7(9-10)11(12)13/h4-5H,3H2,1-2H3. The van der Waals surface area contributed by atoms with Gasteiger partial charge in [0, 0.05) is 0 Å². The molecule has 6 heteroatoms. The van der Waals surface area contributed by atoms with Gasteiger partial charge in [0.25, 0.3) is 0 Å². The molecule has 0 aliphatic rings. The lowest BCUT2D eigenvalue weighted by molar-refractivity contribution is -0.389. The molecule has 13 heavy (non-hydrogen) atoms. The van der Waals surface area contributed by atoms with Crippen LogP contribution in [0.3, 0.4) is 0 Å². The lowest BCUT2D eigenvalue weighted by Crippen LogP contribution is -2.05. The van der Waals surface area contributed by atoms with Crippen molar-refractivity contribution in [1.29, 1.82) is 0 Å². The fourth-order valence-corrected chi connectivity index (χ4v) is 1.20. The molecule has 1 rings (SSSR count). The lowest BCUT2D eigenvalue weighted by Gasteiger charge is -1.98. The van der Waals surface area contributed by atoms with E-state index in [1.807, 2.05) is 13.8 Å². The third-order valence-electron chi connectivity index (χ3n) is 1.42. The molecule has 0 fully saturated rings. The Balaban J connectivity index is 2.89. The summed E-state index contributed by atoms with van der Waals surface area (Å²) in [5, 5.41) is 14.2. The Kier molecular flexibility index (Phi) is 2.87. The van der Waals surface area contributed by atoms with Gasteiger partial charge in [0.15, 0.2) is 5.02 Å². The summed E-state index contributed by atoms with van der Waals surface area (Å²) < 4.78 is 1.49. The molecular formula is C7H10ClN3O2. The normalized spacial score (nSPS) is 10.8. The molecule has 0 saturated carbocycles. The van der Waals surface area contributed by atoms with Gasteiger partial charge in [-0.2, -0.15) is 4.68 Å². The highest BCUT2D eigenvalue weighted by Crippen LogP contribution is 2.21. The number of hydrogen-bond acceptors (Lipinski definition) is 3. The second-order valence-corrected chi connectivity index (χ2v) is 3.58. The summed E-state index contributed by atoms with van der Waals surface area (Å²) in [7, 11) is 0. The van der Waals surface area contributed by atoms with E-state index in [1.54, 1.807) is 0 Å². The topological polar surface area (TPSA) is 61.0 Å². The molecule has 5 nitrogen and oxygen atoms in total. The van der Waals surface area contributed by atoms with Gasteiger partial charge in [0.05, 0.1) is 17.8 Å². The monoisotopic (exact) mass is 203 g/mol. The molecule has 0 N–H and O–H groups in total. The lowest BCUT2D eigenvalue weighted by atomic mass is 10.2. The van der Waals surface area contributed by atoms with Crippen LogP contribution in [0.25, 0.3) is 0 Å². The first-order valence-electron chi connectivity index (χ1n) is 3.88. The van der Waals surface area contributed by atoms with E-state index in [0.717, 1.165) is 0 Å². The van der Waals surface area contributed by atoms with E-state index in [1.165, 1.54) is 10.9 Å². The molecule has 0 aliphatic heterocycles. The third-order valence-corrected chi connectivity index (χ3v) is 1.69. The zero-order valence-electron chi connectivity index (χ0n) is 7.40. The van der Waals surface area contributed by atoms with Crippen molar-refractivity contribution in [1.82, 2.24) is 9.78 Å². The molecule has 72 valence electrons. The van der Waals surface area contributed by atoms with Crippen LogP contribution in [0.1, 0.15) is 13.8 Å². The van der Waals surface area contributed by atoms with Crippen LogP contribution in [0.5, 0.6) is 0 Å². The first kappa shape index (κ1) is 9.98. The van der Waals surface area contributed by atoms with Crippen LogP contribution in [0.15, 0.2) is 6.20 Å². The molecule has 0 bridgehead atoms. The fourth-order valence-electron chi connectivity index (χ4n) is 0.978. The molecule has 0 unspecified atom stereocenters. The minimum Gasteiger partial charge on any atom is -0.358 e. The van der Waals surface area contributed by atoms with Crippen molar-refractivity contribution in [3.63, 3.8) is 0 Å². The van der Waals surface area contributed by atoms with E-state index in [4.69, 9.17) is 11.6 Å². The van der Waals surface area contributed by atoms with E-state index in [0.29, 0.717) is 12.5 Å². The maximum Gasteiger partial charge on any atom is 0.408 e. The first-order valence-corrected chi connectivity index (χ1v) is 4.26. The minimum atomic E-state index is -0.584. The van der Waals surface area contributed by atoms with E-state index >= 15 is 0 Å². The van der Waals surface area contributed by atoms with E-state index < -0.39 is 4.92 Å².